The standard InChI is InChI=1S/C25H31N3O3/c1-18(2)26-23(29)22-14-27(13-19-8-5-4-6-9-19)15-25(22)16-28(17-25)24(30)20-10-7-11-21(12-20)31-3/h4-12,18,22H,13-17H2,1-3H3,(H,26,29). The summed E-state index contributed by atoms with van der Waals surface area (Å²) in [5.74, 6) is 0.645. The van der Waals surface area contributed by atoms with E-state index in [4.69, 9.17) is 4.74 Å². The van der Waals surface area contributed by atoms with Crippen molar-refractivity contribution in [3.63, 3.8) is 0 Å². The van der Waals surface area contributed by atoms with Crippen LogP contribution in [-0.2, 0) is 11.3 Å². The van der Waals surface area contributed by atoms with Crippen LogP contribution in [0.2, 0.25) is 0 Å². The molecule has 164 valence electrons. The molecular formula is C25H31N3O3. The van der Waals surface area contributed by atoms with Gasteiger partial charge in [0, 0.05) is 49.7 Å². The molecule has 2 saturated heterocycles. The Labute approximate surface area is 184 Å². The fourth-order valence-electron chi connectivity index (χ4n) is 4.90. The minimum atomic E-state index is -0.192. The van der Waals surface area contributed by atoms with Gasteiger partial charge >= 0.3 is 0 Å². The number of benzene rings is 2. The Morgan fingerprint density at radius 1 is 1.10 bits per heavy atom. The molecule has 2 aliphatic heterocycles. The van der Waals surface area contributed by atoms with E-state index in [2.05, 4.69) is 22.3 Å². The Kier molecular flexibility index (Phi) is 6.01. The van der Waals surface area contributed by atoms with Gasteiger partial charge in [0.1, 0.15) is 5.75 Å². The van der Waals surface area contributed by atoms with Crippen molar-refractivity contribution < 1.29 is 14.3 Å². The highest BCUT2D eigenvalue weighted by Gasteiger charge is 2.57. The van der Waals surface area contributed by atoms with Gasteiger partial charge < -0.3 is 15.0 Å². The lowest BCUT2D eigenvalue weighted by atomic mass is 9.71. The van der Waals surface area contributed by atoms with Crippen LogP contribution < -0.4 is 10.1 Å². The smallest absolute Gasteiger partial charge is 0.254 e. The highest BCUT2D eigenvalue weighted by molar-refractivity contribution is 5.95. The second-order valence-electron chi connectivity index (χ2n) is 9.13. The zero-order valence-electron chi connectivity index (χ0n) is 18.5. The SMILES string of the molecule is COc1cccc(C(=O)N2CC3(CN(Cc4ccccc4)CC3C(=O)NC(C)C)C2)c1. The van der Waals surface area contributed by atoms with Crippen LogP contribution in [0.15, 0.2) is 54.6 Å². The van der Waals surface area contributed by atoms with Gasteiger partial charge in [-0.1, -0.05) is 36.4 Å². The van der Waals surface area contributed by atoms with Crippen LogP contribution in [0.4, 0.5) is 0 Å². The number of amides is 2. The third-order valence-corrected chi connectivity index (χ3v) is 6.33. The molecule has 2 aromatic carbocycles. The second-order valence-corrected chi connectivity index (χ2v) is 9.13. The van der Waals surface area contributed by atoms with Crippen molar-refractivity contribution in [3.8, 4) is 5.75 Å². The minimum Gasteiger partial charge on any atom is -0.497 e. The van der Waals surface area contributed by atoms with Crippen LogP contribution in [0.25, 0.3) is 0 Å². The predicted octanol–water partition coefficient (Wildman–Crippen LogP) is 2.79. The van der Waals surface area contributed by atoms with Crippen molar-refractivity contribution in [2.45, 2.75) is 26.4 Å². The van der Waals surface area contributed by atoms with Gasteiger partial charge in [-0.3, -0.25) is 14.5 Å². The number of hydrogen-bond acceptors (Lipinski definition) is 4. The number of likely N-dealkylation sites (tertiary alicyclic amines) is 2. The van der Waals surface area contributed by atoms with Crippen LogP contribution in [0.3, 0.4) is 0 Å². The molecule has 0 aliphatic carbocycles. The van der Waals surface area contributed by atoms with E-state index in [1.165, 1.54) is 5.56 Å². The molecule has 2 aromatic rings. The molecule has 2 aliphatic rings. The Morgan fingerprint density at radius 3 is 2.52 bits per heavy atom. The van der Waals surface area contributed by atoms with Crippen LogP contribution in [0.1, 0.15) is 29.8 Å². The molecule has 31 heavy (non-hydrogen) atoms. The fraction of sp³-hybridized carbons (Fsp3) is 0.440. The number of nitrogens with zero attached hydrogens (tertiary/aromatic N) is 2. The van der Waals surface area contributed by atoms with Gasteiger partial charge in [0.25, 0.3) is 5.91 Å². The zero-order valence-corrected chi connectivity index (χ0v) is 18.5. The predicted molar refractivity (Wildman–Crippen MR) is 120 cm³/mol. The van der Waals surface area contributed by atoms with Crippen LogP contribution >= 0.6 is 0 Å². The average Bonchev–Trinajstić information content (AvgIpc) is 3.12. The van der Waals surface area contributed by atoms with E-state index in [1.807, 2.05) is 55.1 Å². The minimum absolute atomic E-state index is 0.00551. The first-order valence-electron chi connectivity index (χ1n) is 10.9. The number of ether oxygens (including phenoxy) is 1. The lowest BCUT2D eigenvalue weighted by Crippen LogP contribution is -2.64. The van der Waals surface area contributed by atoms with Gasteiger partial charge in [-0.2, -0.15) is 0 Å². The summed E-state index contributed by atoms with van der Waals surface area (Å²) in [6, 6.07) is 17.7. The molecular weight excluding hydrogens is 390 g/mol. The molecule has 0 aromatic heterocycles. The van der Waals surface area contributed by atoms with E-state index in [0.29, 0.717) is 30.9 Å². The van der Waals surface area contributed by atoms with Crippen molar-refractivity contribution in [1.29, 1.82) is 0 Å². The van der Waals surface area contributed by atoms with E-state index < -0.39 is 0 Å². The largest absolute Gasteiger partial charge is 0.497 e. The van der Waals surface area contributed by atoms with Crippen LogP contribution in [0, 0.1) is 11.3 Å². The number of carbonyl (C=O) groups excluding carboxylic acids is 2. The number of methoxy groups -OCH3 is 1. The summed E-state index contributed by atoms with van der Waals surface area (Å²) in [6.07, 6.45) is 0. The molecule has 1 N–H and O–H groups in total. The number of carbonyl (C=O) groups is 2. The Balaban J connectivity index is 1.49. The van der Waals surface area contributed by atoms with Gasteiger partial charge in [0.2, 0.25) is 5.91 Å². The number of nitrogens with one attached hydrogen (secondary N) is 1. The Morgan fingerprint density at radius 2 is 1.84 bits per heavy atom. The fourth-order valence-corrected chi connectivity index (χ4v) is 4.90. The van der Waals surface area contributed by atoms with Gasteiger partial charge in [-0.15, -0.1) is 0 Å². The van der Waals surface area contributed by atoms with Gasteiger partial charge in [0.15, 0.2) is 0 Å². The topological polar surface area (TPSA) is 61.9 Å². The first-order chi connectivity index (χ1) is 14.9. The molecule has 1 spiro atoms. The zero-order chi connectivity index (χ0) is 22.0. The first kappa shape index (κ1) is 21.4. The molecule has 2 amide bonds. The van der Waals surface area contributed by atoms with Crippen molar-refractivity contribution in [3.05, 3.63) is 65.7 Å². The first-order valence-corrected chi connectivity index (χ1v) is 10.9. The molecule has 2 heterocycles. The van der Waals surface area contributed by atoms with Gasteiger partial charge in [0.05, 0.1) is 13.0 Å². The normalized spacial score (nSPS) is 20.0. The average molecular weight is 422 g/mol. The van der Waals surface area contributed by atoms with E-state index in [-0.39, 0.29) is 29.2 Å². The van der Waals surface area contributed by atoms with Crippen molar-refractivity contribution in [2.24, 2.45) is 11.3 Å². The number of rotatable bonds is 6. The quantitative estimate of drug-likeness (QED) is 0.779. The molecule has 1 unspecified atom stereocenters. The van der Waals surface area contributed by atoms with Crippen LogP contribution in [-0.4, -0.2) is 60.9 Å². The molecule has 0 radical (unpaired) electrons. The number of hydrogen-bond donors (Lipinski definition) is 1. The highest BCUT2D eigenvalue weighted by atomic mass is 16.5. The Hall–Kier alpha value is -2.86. The maximum atomic E-state index is 13.0. The summed E-state index contributed by atoms with van der Waals surface area (Å²) < 4.78 is 5.26. The summed E-state index contributed by atoms with van der Waals surface area (Å²) in [7, 11) is 1.60. The molecule has 2 fully saturated rings. The van der Waals surface area contributed by atoms with Crippen LogP contribution in [0.5, 0.6) is 5.75 Å². The molecule has 6 heteroatoms. The van der Waals surface area contributed by atoms with Crippen molar-refractivity contribution >= 4 is 11.8 Å². The third kappa shape index (κ3) is 4.44. The van der Waals surface area contributed by atoms with Gasteiger partial charge in [-0.25, -0.2) is 0 Å². The van der Waals surface area contributed by atoms with E-state index in [1.54, 1.807) is 13.2 Å². The summed E-state index contributed by atoms with van der Waals surface area (Å²) >= 11 is 0. The van der Waals surface area contributed by atoms with E-state index in [9.17, 15) is 9.59 Å². The van der Waals surface area contributed by atoms with E-state index in [0.717, 1.165) is 13.1 Å². The summed E-state index contributed by atoms with van der Waals surface area (Å²) in [5.41, 5.74) is 1.67. The lowest BCUT2D eigenvalue weighted by molar-refractivity contribution is -0.131. The summed E-state index contributed by atoms with van der Waals surface area (Å²) in [4.78, 5) is 30.3. The Bertz CT molecular complexity index is 938. The maximum Gasteiger partial charge on any atom is 0.254 e. The lowest BCUT2D eigenvalue weighted by Gasteiger charge is -2.50. The molecule has 6 nitrogen and oxygen atoms in total. The molecule has 0 bridgehead atoms. The van der Waals surface area contributed by atoms with Gasteiger partial charge in [-0.05, 0) is 37.6 Å². The summed E-state index contributed by atoms with van der Waals surface area (Å²) in [5, 5.41) is 3.10. The second kappa shape index (κ2) is 8.71. The molecule has 0 saturated carbocycles. The van der Waals surface area contributed by atoms with E-state index >= 15 is 0 Å². The molecule has 4 rings (SSSR count). The van der Waals surface area contributed by atoms with Crippen molar-refractivity contribution in [1.82, 2.24) is 15.1 Å². The third-order valence-electron chi connectivity index (χ3n) is 6.33. The highest BCUT2D eigenvalue weighted by Crippen LogP contribution is 2.45. The molecule has 1 atom stereocenters. The van der Waals surface area contributed by atoms with Crippen molar-refractivity contribution in [2.75, 3.05) is 33.3 Å². The summed E-state index contributed by atoms with van der Waals surface area (Å²) in [6.45, 7) is 7.53. The monoisotopic (exact) mass is 421 g/mol. The maximum absolute atomic E-state index is 13.0.